The molecule has 70 valence electrons. The van der Waals surface area contributed by atoms with Crippen molar-refractivity contribution < 1.29 is 0 Å². The smallest absolute Gasteiger partial charge is 0.0674 e. The fourth-order valence-electron chi connectivity index (χ4n) is 0.938. The van der Waals surface area contributed by atoms with E-state index in [0.717, 1.165) is 12.0 Å². The number of rotatable bonds is 5. The highest BCUT2D eigenvalue weighted by Crippen LogP contribution is 2.05. The van der Waals surface area contributed by atoms with Gasteiger partial charge in [0.25, 0.3) is 0 Å². The third kappa shape index (κ3) is 5.11. The van der Waals surface area contributed by atoms with Crippen LogP contribution < -0.4 is 0 Å². The second-order valence-corrected chi connectivity index (χ2v) is 3.49. The van der Waals surface area contributed by atoms with Crippen LogP contribution in [0.25, 0.3) is 0 Å². The van der Waals surface area contributed by atoms with Crippen molar-refractivity contribution in [1.82, 2.24) is 0 Å². The number of unbranched alkanes of at least 4 members (excludes halogenated alkanes) is 1. The molecule has 0 rings (SSSR count). The van der Waals surface area contributed by atoms with Gasteiger partial charge in [-0.2, -0.15) is 0 Å². The van der Waals surface area contributed by atoms with Crippen LogP contribution in [0.5, 0.6) is 0 Å². The predicted molar refractivity (Wildman–Crippen MR) is 56.9 cm³/mol. The quantitative estimate of drug-likeness (QED) is 0.438. The first-order valence-electron chi connectivity index (χ1n) is 4.76. The molecule has 1 unspecified atom stereocenters. The molecular formula is C11H21N. The minimum atomic E-state index is 0.293. The molecule has 0 radical (unpaired) electrons. The Morgan fingerprint density at radius 3 is 2.42 bits per heavy atom. The van der Waals surface area contributed by atoms with E-state index in [9.17, 15) is 0 Å². The van der Waals surface area contributed by atoms with E-state index >= 15 is 0 Å². The van der Waals surface area contributed by atoms with Crippen molar-refractivity contribution in [3.8, 4) is 0 Å². The zero-order valence-electron chi connectivity index (χ0n) is 8.85. The van der Waals surface area contributed by atoms with Gasteiger partial charge in [-0.05, 0) is 33.6 Å². The van der Waals surface area contributed by atoms with E-state index < -0.39 is 0 Å². The predicted octanol–water partition coefficient (Wildman–Crippen LogP) is 3.60. The monoisotopic (exact) mass is 167 g/mol. The fourth-order valence-corrected chi connectivity index (χ4v) is 0.938. The number of hydrogen-bond donors (Lipinski definition) is 0. The standard InChI is InChI=1S/C11H21N/c1-6-7-8-10(4)12-11(5)9(2)3/h11H,2,6-8H2,1,3-5H3. The first-order chi connectivity index (χ1) is 5.57. The van der Waals surface area contributed by atoms with Crippen LogP contribution in [0.15, 0.2) is 17.1 Å². The number of aliphatic imine (C=N–C) groups is 1. The van der Waals surface area contributed by atoms with Gasteiger partial charge in [-0.3, -0.25) is 4.99 Å². The highest BCUT2D eigenvalue weighted by atomic mass is 14.8. The second-order valence-electron chi connectivity index (χ2n) is 3.49. The lowest BCUT2D eigenvalue weighted by molar-refractivity contribution is 0.809. The van der Waals surface area contributed by atoms with Gasteiger partial charge in [0, 0.05) is 5.71 Å². The zero-order chi connectivity index (χ0) is 9.56. The van der Waals surface area contributed by atoms with E-state index in [4.69, 9.17) is 0 Å². The molecule has 0 aliphatic carbocycles. The largest absolute Gasteiger partial charge is 0.287 e. The summed E-state index contributed by atoms with van der Waals surface area (Å²) in [5.41, 5.74) is 2.40. The van der Waals surface area contributed by atoms with Gasteiger partial charge in [0.05, 0.1) is 6.04 Å². The molecule has 0 fully saturated rings. The summed E-state index contributed by atoms with van der Waals surface area (Å²) in [4.78, 5) is 4.53. The van der Waals surface area contributed by atoms with Crippen molar-refractivity contribution in [3.05, 3.63) is 12.2 Å². The van der Waals surface area contributed by atoms with Gasteiger partial charge in [-0.1, -0.05) is 25.5 Å². The summed E-state index contributed by atoms with van der Waals surface area (Å²) in [7, 11) is 0. The van der Waals surface area contributed by atoms with Crippen LogP contribution in [-0.4, -0.2) is 11.8 Å². The maximum absolute atomic E-state index is 4.53. The summed E-state index contributed by atoms with van der Waals surface area (Å²) in [6.45, 7) is 12.3. The van der Waals surface area contributed by atoms with Crippen LogP contribution in [0.4, 0.5) is 0 Å². The number of nitrogens with zero attached hydrogens (tertiary/aromatic N) is 1. The lowest BCUT2D eigenvalue weighted by Crippen LogP contribution is -2.03. The molecule has 0 amide bonds. The molecule has 0 N–H and O–H groups in total. The average Bonchev–Trinajstić information content (AvgIpc) is 2.00. The molecule has 0 heterocycles. The normalized spacial score (nSPS) is 14.5. The third-order valence-corrected chi connectivity index (χ3v) is 2.02. The van der Waals surface area contributed by atoms with E-state index in [0.29, 0.717) is 6.04 Å². The Bertz CT molecular complexity index is 168. The van der Waals surface area contributed by atoms with Crippen LogP contribution in [0.1, 0.15) is 47.0 Å². The van der Waals surface area contributed by atoms with Gasteiger partial charge in [0.15, 0.2) is 0 Å². The van der Waals surface area contributed by atoms with Crippen LogP contribution in [0.3, 0.4) is 0 Å². The zero-order valence-corrected chi connectivity index (χ0v) is 8.85. The minimum absolute atomic E-state index is 0.293. The maximum atomic E-state index is 4.53. The average molecular weight is 167 g/mol. The van der Waals surface area contributed by atoms with Crippen molar-refractivity contribution in [2.75, 3.05) is 0 Å². The number of hydrogen-bond acceptors (Lipinski definition) is 1. The van der Waals surface area contributed by atoms with Gasteiger partial charge in [-0.15, -0.1) is 0 Å². The van der Waals surface area contributed by atoms with E-state index in [-0.39, 0.29) is 0 Å². The first-order valence-corrected chi connectivity index (χ1v) is 4.76. The molecule has 0 saturated carbocycles. The molecule has 0 saturated heterocycles. The Morgan fingerprint density at radius 1 is 1.42 bits per heavy atom. The molecule has 1 atom stereocenters. The molecule has 0 spiro atoms. The Hall–Kier alpha value is -0.590. The van der Waals surface area contributed by atoms with Crippen molar-refractivity contribution in [1.29, 1.82) is 0 Å². The summed E-state index contributed by atoms with van der Waals surface area (Å²) < 4.78 is 0. The SMILES string of the molecule is C=C(C)C(C)N=C(C)CCCC. The summed E-state index contributed by atoms with van der Waals surface area (Å²) in [6, 6.07) is 0.293. The lowest BCUT2D eigenvalue weighted by atomic mass is 10.1. The fraction of sp³-hybridized carbons (Fsp3) is 0.727. The Kier molecular flexibility index (Phi) is 5.69. The summed E-state index contributed by atoms with van der Waals surface area (Å²) in [5.74, 6) is 0. The van der Waals surface area contributed by atoms with Gasteiger partial charge < -0.3 is 0 Å². The molecule has 0 bridgehead atoms. The van der Waals surface area contributed by atoms with Gasteiger partial charge in [0.2, 0.25) is 0 Å². The molecule has 1 nitrogen and oxygen atoms in total. The molecule has 0 aliphatic rings. The first kappa shape index (κ1) is 11.4. The Labute approximate surface area is 76.6 Å². The van der Waals surface area contributed by atoms with E-state index in [1.54, 1.807) is 0 Å². The highest BCUT2D eigenvalue weighted by molar-refractivity contribution is 5.82. The molecule has 12 heavy (non-hydrogen) atoms. The third-order valence-electron chi connectivity index (χ3n) is 2.02. The van der Waals surface area contributed by atoms with Crippen molar-refractivity contribution in [2.45, 2.75) is 53.0 Å². The lowest BCUT2D eigenvalue weighted by Gasteiger charge is -2.07. The summed E-state index contributed by atoms with van der Waals surface area (Å²) in [5, 5.41) is 0. The van der Waals surface area contributed by atoms with Crippen molar-refractivity contribution >= 4 is 5.71 Å². The van der Waals surface area contributed by atoms with Crippen molar-refractivity contribution in [2.24, 2.45) is 4.99 Å². The van der Waals surface area contributed by atoms with Gasteiger partial charge in [-0.25, -0.2) is 0 Å². The van der Waals surface area contributed by atoms with Crippen LogP contribution >= 0.6 is 0 Å². The van der Waals surface area contributed by atoms with Crippen LogP contribution in [0, 0.1) is 0 Å². The minimum Gasteiger partial charge on any atom is -0.287 e. The molecular weight excluding hydrogens is 146 g/mol. The Balaban J connectivity index is 3.89. The van der Waals surface area contributed by atoms with Gasteiger partial charge in [0.1, 0.15) is 0 Å². The topological polar surface area (TPSA) is 12.4 Å². The van der Waals surface area contributed by atoms with Crippen molar-refractivity contribution in [3.63, 3.8) is 0 Å². The van der Waals surface area contributed by atoms with E-state index in [1.165, 1.54) is 18.6 Å². The van der Waals surface area contributed by atoms with Crippen LogP contribution in [0.2, 0.25) is 0 Å². The molecule has 0 aromatic rings. The molecule has 0 aromatic carbocycles. The summed E-state index contributed by atoms with van der Waals surface area (Å²) >= 11 is 0. The highest BCUT2D eigenvalue weighted by Gasteiger charge is 1.99. The maximum Gasteiger partial charge on any atom is 0.0674 e. The second kappa shape index (κ2) is 5.99. The Morgan fingerprint density at radius 2 is 2.00 bits per heavy atom. The molecule has 1 heteroatoms. The summed E-state index contributed by atoms with van der Waals surface area (Å²) in [6.07, 6.45) is 3.63. The van der Waals surface area contributed by atoms with E-state index in [2.05, 4.69) is 32.3 Å². The molecule has 0 aromatic heterocycles. The van der Waals surface area contributed by atoms with Crippen LogP contribution in [-0.2, 0) is 0 Å². The van der Waals surface area contributed by atoms with E-state index in [1.807, 2.05) is 6.92 Å². The van der Waals surface area contributed by atoms with Gasteiger partial charge >= 0.3 is 0 Å². The molecule has 0 aliphatic heterocycles.